The molecule has 2 heterocycles. The van der Waals surface area contributed by atoms with Crippen molar-refractivity contribution >= 4 is 0 Å². The summed E-state index contributed by atoms with van der Waals surface area (Å²) in [7, 11) is 0. The van der Waals surface area contributed by atoms with E-state index in [9.17, 15) is 5.11 Å². The third kappa shape index (κ3) is 2.68. The van der Waals surface area contributed by atoms with E-state index in [0.717, 1.165) is 43.7 Å². The van der Waals surface area contributed by atoms with Crippen molar-refractivity contribution in [3.8, 4) is 11.3 Å². The molecule has 2 aliphatic rings. The molecule has 4 nitrogen and oxygen atoms in total. The lowest BCUT2D eigenvalue weighted by atomic mass is 9.82. The standard InChI is InChI=1S/C20H26N2O2/c1-20(12-24-13-20)19-18(15-8-4-2-5-9-15)21-14-22(19)16-10-6-3-7-11-17(16)23/h2,4-5,8-9,14,16-17,23H,3,6-7,10-13H2,1H3/t16?,17-/m1/s1. The average Bonchev–Trinajstić information content (AvgIpc) is 2.90. The first-order valence-electron chi connectivity index (χ1n) is 9.07. The molecule has 128 valence electrons. The van der Waals surface area contributed by atoms with Crippen LogP contribution in [0.3, 0.4) is 0 Å². The normalized spacial score (nSPS) is 26.6. The van der Waals surface area contributed by atoms with Gasteiger partial charge in [-0.2, -0.15) is 0 Å². The Morgan fingerprint density at radius 3 is 2.58 bits per heavy atom. The third-order valence-electron chi connectivity index (χ3n) is 5.56. The Morgan fingerprint density at radius 2 is 1.88 bits per heavy atom. The summed E-state index contributed by atoms with van der Waals surface area (Å²) < 4.78 is 7.81. The van der Waals surface area contributed by atoms with Crippen LogP contribution in [-0.4, -0.2) is 34.0 Å². The minimum atomic E-state index is -0.284. The Hall–Kier alpha value is -1.65. The summed E-state index contributed by atoms with van der Waals surface area (Å²) in [6.45, 7) is 3.70. The van der Waals surface area contributed by atoms with Gasteiger partial charge in [0, 0.05) is 5.56 Å². The van der Waals surface area contributed by atoms with E-state index < -0.39 is 0 Å². The van der Waals surface area contributed by atoms with Crippen LogP contribution >= 0.6 is 0 Å². The average molecular weight is 326 g/mol. The molecule has 1 saturated carbocycles. The Labute approximate surface area is 143 Å². The maximum atomic E-state index is 10.7. The Bertz CT molecular complexity index is 691. The molecule has 1 N–H and O–H groups in total. The fourth-order valence-corrected chi connectivity index (χ4v) is 4.16. The SMILES string of the molecule is CC1(c2c(-c3ccccc3)ncn2C2CCCCC[C@H]2O)COC1. The van der Waals surface area contributed by atoms with E-state index in [2.05, 4.69) is 35.8 Å². The molecule has 0 amide bonds. The zero-order chi connectivity index (χ0) is 16.6. The monoisotopic (exact) mass is 326 g/mol. The van der Waals surface area contributed by atoms with Gasteiger partial charge in [-0.05, 0) is 19.8 Å². The molecule has 0 bridgehead atoms. The van der Waals surface area contributed by atoms with Crippen LogP contribution in [0.1, 0.15) is 50.8 Å². The van der Waals surface area contributed by atoms with E-state index in [1.807, 2.05) is 12.4 Å². The molecule has 2 aromatic rings. The van der Waals surface area contributed by atoms with Gasteiger partial charge in [-0.15, -0.1) is 0 Å². The van der Waals surface area contributed by atoms with Crippen molar-refractivity contribution < 1.29 is 9.84 Å². The zero-order valence-corrected chi connectivity index (χ0v) is 14.3. The quantitative estimate of drug-likeness (QED) is 0.875. The van der Waals surface area contributed by atoms with E-state index in [4.69, 9.17) is 9.72 Å². The Morgan fingerprint density at radius 1 is 1.12 bits per heavy atom. The molecule has 1 unspecified atom stereocenters. The Kier molecular flexibility index (Phi) is 4.19. The molecule has 1 saturated heterocycles. The fourth-order valence-electron chi connectivity index (χ4n) is 4.16. The lowest BCUT2D eigenvalue weighted by Gasteiger charge is -2.41. The number of imidazole rings is 1. The topological polar surface area (TPSA) is 47.3 Å². The second kappa shape index (κ2) is 6.34. The van der Waals surface area contributed by atoms with Gasteiger partial charge in [-0.3, -0.25) is 0 Å². The van der Waals surface area contributed by atoms with E-state index in [-0.39, 0.29) is 17.6 Å². The Balaban J connectivity index is 1.81. The molecule has 4 rings (SSSR count). The number of aliphatic hydroxyl groups excluding tert-OH is 1. The molecule has 0 spiro atoms. The van der Waals surface area contributed by atoms with Crippen LogP contribution < -0.4 is 0 Å². The van der Waals surface area contributed by atoms with Crippen molar-refractivity contribution in [1.82, 2.24) is 9.55 Å². The van der Waals surface area contributed by atoms with Gasteiger partial charge < -0.3 is 14.4 Å². The second-order valence-corrected chi connectivity index (χ2v) is 7.54. The van der Waals surface area contributed by atoms with E-state index in [0.29, 0.717) is 0 Å². The predicted molar refractivity (Wildman–Crippen MR) is 94.0 cm³/mol. The van der Waals surface area contributed by atoms with Crippen molar-refractivity contribution in [1.29, 1.82) is 0 Å². The number of aromatic nitrogens is 2. The molecular weight excluding hydrogens is 300 g/mol. The zero-order valence-electron chi connectivity index (χ0n) is 14.3. The molecule has 24 heavy (non-hydrogen) atoms. The number of hydrogen-bond acceptors (Lipinski definition) is 3. The van der Waals surface area contributed by atoms with Gasteiger partial charge in [0.1, 0.15) is 0 Å². The highest BCUT2D eigenvalue weighted by Crippen LogP contribution is 2.41. The van der Waals surface area contributed by atoms with E-state index in [1.165, 1.54) is 18.5 Å². The van der Waals surface area contributed by atoms with Crippen LogP contribution in [0.15, 0.2) is 36.7 Å². The van der Waals surface area contributed by atoms with Gasteiger partial charge in [0.25, 0.3) is 0 Å². The first-order valence-corrected chi connectivity index (χ1v) is 9.07. The number of benzene rings is 1. The summed E-state index contributed by atoms with van der Waals surface area (Å²) in [5, 5.41) is 10.7. The van der Waals surface area contributed by atoms with Gasteiger partial charge in [-0.25, -0.2) is 4.98 Å². The molecule has 4 heteroatoms. The number of ether oxygens (including phenoxy) is 1. The van der Waals surface area contributed by atoms with Gasteiger partial charge in [-0.1, -0.05) is 49.6 Å². The van der Waals surface area contributed by atoms with E-state index >= 15 is 0 Å². The second-order valence-electron chi connectivity index (χ2n) is 7.54. The van der Waals surface area contributed by atoms with Gasteiger partial charge in [0.05, 0.1) is 48.5 Å². The molecule has 1 aliphatic carbocycles. The maximum Gasteiger partial charge on any atom is 0.0959 e. The molecule has 1 aromatic carbocycles. The molecular formula is C20H26N2O2. The van der Waals surface area contributed by atoms with Crippen LogP contribution in [0.5, 0.6) is 0 Å². The number of aliphatic hydroxyl groups is 1. The highest BCUT2D eigenvalue weighted by molar-refractivity contribution is 5.63. The van der Waals surface area contributed by atoms with Gasteiger partial charge in [0.2, 0.25) is 0 Å². The molecule has 2 fully saturated rings. The van der Waals surface area contributed by atoms with Crippen molar-refractivity contribution in [2.24, 2.45) is 0 Å². The van der Waals surface area contributed by atoms with Crippen LogP contribution in [0.2, 0.25) is 0 Å². The van der Waals surface area contributed by atoms with Crippen molar-refractivity contribution in [3.05, 3.63) is 42.4 Å². The van der Waals surface area contributed by atoms with E-state index in [1.54, 1.807) is 0 Å². The van der Waals surface area contributed by atoms with Crippen molar-refractivity contribution in [3.63, 3.8) is 0 Å². The maximum absolute atomic E-state index is 10.7. The van der Waals surface area contributed by atoms with Crippen molar-refractivity contribution in [2.45, 2.75) is 56.6 Å². The summed E-state index contributed by atoms with van der Waals surface area (Å²) in [5.41, 5.74) is 3.39. The highest BCUT2D eigenvalue weighted by atomic mass is 16.5. The number of rotatable bonds is 3. The predicted octanol–water partition coefficient (Wildman–Crippen LogP) is 3.70. The van der Waals surface area contributed by atoms with Gasteiger partial charge >= 0.3 is 0 Å². The summed E-state index contributed by atoms with van der Waals surface area (Å²) in [5.74, 6) is 0. The van der Waals surface area contributed by atoms with Crippen LogP contribution in [-0.2, 0) is 10.2 Å². The van der Waals surface area contributed by atoms with Crippen LogP contribution in [0, 0.1) is 0 Å². The van der Waals surface area contributed by atoms with Crippen molar-refractivity contribution in [2.75, 3.05) is 13.2 Å². The molecule has 1 aliphatic heterocycles. The third-order valence-corrected chi connectivity index (χ3v) is 5.56. The number of nitrogens with zero attached hydrogens (tertiary/aromatic N) is 2. The lowest BCUT2D eigenvalue weighted by molar-refractivity contribution is -0.0550. The van der Waals surface area contributed by atoms with Crippen LogP contribution in [0.4, 0.5) is 0 Å². The molecule has 0 radical (unpaired) electrons. The fraction of sp³-hybridized carbons (Fsp3) is 0.550. The summed E-state index contributed by atoms with van der Waals surface area (Å²) >= 11 is 0. The number of hydrogen-bond donors (Lipinski definition) is 1. The minimum absolute atomic E-state index is 0.0201. The first kappa shape index (κ1) is 15.9. The van der Waals surface area contributed by atoms with Crippen LogP contribution in [0.25, 0.3) is 11.3 Å². The van der Waals surface area contributed by atoms with Gasteiger partial charge in [0.15, 0.2) is 0 Å². The first-order chi connectivity index (χ1) is 11.7. The molecule has 2 atom stereocenters. The largest absolute Gasteiger partial charge is 0.391 e. The summed E-state index contributed by atoms with van der Waals surface area (Å²) in [6, 6.07) is 10.5. The molecule has 1 aromatic heterocycles. The minimum Gasteiger partial charge on any atom is -0.391 e. The lowest BCUT2D eigenvalue weighted by Crippen LogP contribution is -2.46. The summed E-state index contributed by atoms with van der Waals surface area (Å²) in [6.07, 6.45) is 7.07. The summed E-state index contributed by atoms with van der Waals surface area (Å²) in [4.78, 5) is 4.77. The highest BCUT2D eigenvalue weighted by Gasteiger charge is 2.42. The smallest absolute Gasteiger partial charge is 0.0959 e.